The molecule has 68 valence electrons. The van der Waals surface area contributed by atoms with E-state index in [-0.39, 0.29) is 17.4 Å². The zero-order chi connectivity index (χ0) is 9.42. The molecule has 4 nitrogen and oxygen atoms in total. The van der Waals surface area contributed by atoms with E-state index in [2.05, 4.69) is 4.98 Å². The Labute approximate surface area is 75.2 Å². The summed E-state index contributed by atoms with van der Waals surface area (Å²) in [5.41, 5.74) is -0.134. The van der Waals surface area contributed by atoms with Crippen molar-refractivity contribution in [2.75, 3.05) is 0 Å². The third-order valence-electron chi connectivity index (χ3n) is 2.36. The molecule has 13 heavy (non-hydrogen) atoms. The highest BCUT2D eigenvalue weighted by atomic mass is 16.1. The van der Waals surface area contributed by atoms with E-state index in [0.29, 0.717) is 12.2 Å². The molecule has 0 aromatic carbocycles. The predicted octanol–water partition coefficient (Wildman–Crippen LogP) is 0.781. The summed E-state index contributed by atoms with van der Waals surface area (Å²) in [6, 6.07) is 1.48. The largest absolute Gasteiger partial charge is 0.291 e. The second-order valence-corrected chi connectivity index (χ2v) is 3.29. The fourth-order valence-corrected chi connectivity index (χ4v) is 1.63. The normalized spacial score (nSPS) is 21.3. The summed E-state index contributed by atoms with van der Waals surface area (Å²) in [7, 11) is 0. The lowest BCUT2D eigenvalue weighted by Gasteiger charge is -2.21. The van der Waals surface area contributed by atoms with Crippen molar-refractivity contribution in [2.45, 2.75) is 25.8 Å². The number of ketones is 1. The van der Waals surface area contributed by atoms with Crippen LogP contribution in [0.25, 0.3) is 0 Å². The molecule has 0 N–H and O–H groups in total. The third-order valence-corrected chi connectivity index (χ3v) is 2.36. The minimum atomic E-state index is -0.134. The summed E-state index contributed by atoms with van der Waals surface area (Å²) in [6.45, 7) is 1.93. The number of hydrogen-bond acceptors (Lipinski definition) is 3. The number of carbonyl (C=O) groups is 1. The molecule has 2 heterocycles. The van der Waals surface area contributed by atoms with E-state index < -0.39 is 0 Å². The van der Waals surface area contributed by atoms with E-state index in [0.717, 1.165) is 6.42 Å². The minimum absolute atomic E-state index is 0.0317. The quantitative estimate of drug-likeness (QED) is 0.590. The van der Waals surface area contributed by atoms with Gasteiger partial charge in [-0.05, 0) is 13.3 Å². The Morgan fingerprint density at radius 2 is 2.31 bits per heavy atom. The predicted molar refractivity (Wildman–Crippen MR) is 46.8 cm³/mol. The van der Waals surface area contributed by atoms with Gasteiger partial charge in [0.15, 0.2) is 11.6 Å². The molecular weight excluding hydrogens is 168 g/mol. The topological polar surface area (TPSA) is 52.0 Å². The fraction of sp³-hybridized carbons (Fsp3) is 0.444. The monoisotopic (exact) mass is 178 g/mol. The second-order valence-electron chi connectivity index (χ2n) is 3.29. The number of fused-ring (bicyclic) bond motifs is 1. The van der Waals surface area contributed by atoms with E-state index in [1.165, 1.54) is 16.8 Å². The summed E-state index contributed by atoms with van der Waals surface area (Å²) >= 11 is 0. The van der Waals surface area contributed by atoms with Crippen molar-refractivity contribution in [2.24, 2.45) is 0 Å². The number of carbonyl (C=O) groups excluding carboxylic acids is 1. The van der Waals surface area contributed by atoms with Crippen LogP contribution in [0, 0.1) is 0 Å². The molecule has 0 saturated carbocycles. The van der Waals surface area contributed by atoms with E-state index in [1.807, 2.05) is 6.92 Å². The van der Waals surface area contributed by atoms with Gasteiger partial charge in [-0.1, -0.05) is 0 Å². The van der Waals surface area contributed by atoms with E-state index >= 15 is 0 Å². The van der Waals surface area contributed by atoms with Gasteiger partial charge in [0.05, 0.1) is 0 Å². The van der Waals surface area contributed by atoms with Crippen LogP contribution in [0.5, 0.6) is 0 Å². The molecule has 0 amide bonds. The van der Waals surface area contributed by atoms with Gasteiger partial charge in [0.25, 0.3) is 5.56 Å². The minimum Gasteiger partial charge on any atom is -0.291 e. The van der Waals surface area contributed by atoms with Gasteiger partial charge in [-0.2, -0.15) is 0 Å². The lowest BCUT2D eigenvalue weighted by molar-refractivity contribution is 0.0934. The molecule has 2 rings (SSSR count). The van der Waals surface area contributed by atoms with Crippen LogP contribution in [0.3, 0.4) is 0 Å². The van der Waals surface area contributed by atoms with Crippen molar-refractivity contribution >= 4 is 5.78 Å². The highest BCUT2D eigenvalue weighted by Crippen LogP contribution is 2.19. The number of rotatable bonds is 0. The highest BCUT2D eigenvalue weighted by Gasteiger charge is 2.23. The van der Waals surface area contributed by atoms with Crippen LogP contribution in [-0.2, 0) is 0 Å². The van der Waals surface area contributed by atoms with Crippen LogP contribution >= 0.6 is 0 Å². The number of nitrogens with zero attached hydrogens (tertiary/aromatic N) is 2. The maximum absolute atomic E-state index is 11.4. The van der Waals surface area contributed by atoms with Crippen molar-refractivity contribution in [1.82, 2.24) is 9.55 Å². The summed E-state index contributed by atoms with van der Waals surface area (Å²) in [4.78, 5) is 26.7. The molecule has 0 radical (unpaired) electrons. The van der Waals surface area contributed by atoms with Gasteiger partial charge in [-0.3, -0.25) is 14.2 Å². The highest BCUT2D eigenvalue weighted by molar-refractivity contribution is 5.93. The number of aromatic nitrogens is 2. The number of Topliss-reactive ketones (excluding diaryl/α,β-unsaturated/α-hetero) is 1. The molecule has 0 saturated heterocycles. The van der Waals surface area contributed by atoms with Crippen LogP contribution in [0.2, 0.25) is 0 Å². The van der Waals surface area contributed by atoms with Crippen molar-refractivity contribution < 1.29 is 4.79 Å². The Balaban J connectivity index is 2.70. The van der Waals surface area contributed by atoms with Crippen LogP contribution in [-0.4, -0.2) is 15.3 Å². The van der Waals surface area contributed by atoms with Gasteiger partial charge in [0.2, 0.25) is 0 Å². The lowest BCUT2D eigenvalue weighted by atomic mass is 10.0. The molecule has 0 fully saturated rings. The summed E-state index contributed by atoms with van der Waals surface area (Å²) in [6.07, 6.45) is 2.62. The maximum Gasteiger partial charge on any atom is 0.254 e. The summed E-state index contributed by atoms with van der Waals surface area (Å²) < 4.78 is 1.48. The lowest BCUT2D eigenvalue weighted by Crippen LogP contribution is -2.33. The Hall–Kier alpha value is -1.45. The number of hydrogen-bond donors (Lipinski definition) is 0. The first-order chi connectivity index (χ1) is 6.20. The van der Waals surface area contributed by atoms with Gasteiger partial charge in [0, 0.05) is 24.7 Å². The Kier molecular flexibility index (Phi) is 1.76. The van der Waals surface area contributed by atoms with Crippen LogP contribution in [0.15, 0.2) is 17.1 Å². The molecule has 0 bridgehead atoms. The van der Waals surface area contributed by atoms with Gasteiger partial charge in [-0.25, -0.2) is 4.98 Å². The SMILES string of the molecule is C[C@H]1CCC(=O)c2nccc(=O)n21. The molecular formula is C9H10N2O2. The van der Waals surface area contributed by atoms with Crippen molar-refractivity contribution in [3.05, 3.63) is 28.4 Å². The summed E-state index contributed by atoms with van der Waals surface area (Å²) in [5, 5.41) is 0. The standard InChI is InChI=1S/C9H10N2O2/c1-6-2-3-7(12)9-10-5-4-8(13)11(6)9/h4-6H,2-3H2,1H3/t6-/m0/s1. The van der Waals surface area contributed by atoms with Gasteiger partial charge in [0.1, 0.15) is 0 Å². The van der Waals surface area contributed by atoms with Gasteiger partial charge in [-0.15, -0.1) is 0 Å². The molecule has 0 spiro atoms. The van der Waals surface area contributed by atoms with Crippen molar-refractivity contribution in [3.8, 4) is 0 Å². The Bertz CT molecular complexity index is 408. The molecule has 0 aliphatic carbocycles. The fourth-order valence-electron chi connectivity index (χ4n) is 1.63. The smallest absolute Gasteiger partial charge is 0.254 e. The average Bonchev–Trinajstić information content (AvgIpc) is 2.12. The zero-order valence-electron chi connectivity index (χ0n) is 7.36. The van der Waals surface area contributed by atoms with Gasteiger partial charge < -0.3 is 0 Å². The van der Waals surface area contributed by atoms with Crippen molar-refractivity contribution in [1.29, 1.82) is 0 Å². The second kappa shape index (κ2) is 2.80. The Morgan fingerprint density at radius 3 is 3.00 bits per heavy atom. The van der Waals surface area contributed by atoms with Crippen LogP contribution in [0.1, 0.15) is 36.4 Å². The van der Waals surface area contributed by atoms with E-state index in [9.17, 15) is 9.59 Å². The Morgan fingerprint density at radius 1 is 1.54 bits per heavy atom. The third kappa shape index (κ3) is 1.18. The van der Waals surface area contributed by atoms with Gasteiger partial charge >= 0.3 is 0 Å². The van der Waals surface area contributed by atoms with Crippen molar-refractivity contribution in [3.63, 3.8) is 0 Å². The first kappa shape index (κ1) is 8.16. The molecule has 1 atom stereocenters. The molecule has 1 aliphatic rings. The van der Waals surface area contributed by atoms with Crippen LogP contribution in [0.4, 0.5) is 0 Å². The average molecular weight is 178 g/mol. The van der Waals surface area contributed by atoms with Crippen LogP contribution < -0.4 is 5.56 Å². The molecule has 1 aliphatic heterocycles. The first-order valence-electron chi connectivity index (χ1n) is 4.31. The molecule has 1 aromatic rings. The maximum atomic E-state index is 11.4. The molecule has 0 unspecified atom stereocenters. The molecule has 4 heteroatoms. The zero-order valence-corrected chi connectivity index (χ0v) is 7.36. The summed E-state index contributed by atoms with van der Waals surface area (Å²) in [5.74, 6) is 0.280. The first-order valence-corrected chi connectivity index (χ1v) is 4.31. The molecule has 1 aromatic heterocycles. The van der Waals surface area contributed by atoms with E-state index in [4.69, 9.17) is 0 Å². The van der Waals surface area contributed by atoms with E-state index in [1.54, 1.807) is 0 Å².